The number of β-amino-alcohol motifs (C(OH)–C–C–N with tert-alkyl or cyclic N) is 1. The van der Waals surface area contributed by atoms with Gasteiger partial charge in [0, 0.05) is 38.4 Å². The SMILES string of the molecule is O=C(NCc1ccc(N2CC=CC2)cc1)N1CCCC(O)C1. The minimum absolute atomic E-state index is 0.0911. The summed E-state index contributed by atoms with van der Waals surface area (Å²) in [5.41, 5.74) is 2.29. The lowest BCUT2D eigenvalue weighted by atomic mass is 10.1. The molecule has 2 N–H and O–H groups in total. The van der Waals surface area contributed by atoms with E-state index in [0.717, 1.165) is 38.0 Å². The van der Waals surface area contributed by atoms with Gasteiger partial charge in [-0.2, -0.15) is 0 Å². The molecule has 1 fully saturated rings. The normalized spacial score (nSPS) is 21.2. The van der Waals surface area contributed by atoms with E-state index in [1.165, 1.54) is 5.69 Å². The van der Waals surface area contributed by atoms with Crippen LogP contribution in [0.2, 0.25) is 0 Å². The summed E-state index contributed by atoms with van der Waals surface area (Å²) in [7, 11) is 0. The summed E-state index contributed by atoms with van der Waals surface area (Å²) in [6, 6.07) is 8.21. The summed E-state index contributed by atoms with van der Waals surface area (Å²) in [6.07, 6.45) is 5.61. The molecule has 2 heterocycles. The van der Waals surface area contributed by atoms with Crippen LogP contribution in [0.25, 0.3) is 0 Å². The molecule has 1 aromatic rings. The van der Waals surface area contributed by atoms with Crippen LogP contribution in [0.15, 0.2) is 36.4 Å². The molecule has 0 bridgehead atoms. The van der Waals surface area contributed by atoms with Crippen LogP contribution in [0.4, 0.5) is 10.5 Å². The zero-order valence-electron chi connectivity index (χ0n) is 12.7. The molecule has 0 spiro atoms. The summed E-state index contributed by atoms with van der Waals surface area (Å²) in [6.45, 7) is 3.61. The fourth-order valence-corrected chi connectivity index (χ4v) is 2.94. The Morgan fingerprint density at radius 1 is 1.23 bits per heavy atom. The van der Waals surface area contributed by atoms with Gasteiger partial charge in [-0.25, -0.2) is 4.79 Å². The van der Waals surface area contributed by atoms with Crippen molar-refractivity contribution in [2.75, 3.05) is 31.1 Å². The fraction of sp³-hybridized carbons (Fsp3) is 0.471. The lowest BCUT2D eigenvalue weighted by Gasteiger charge is -2.30. The van der Waals surface area contributed by atoms with E-state index in [4.69, 9.17) is 0 Å². The molecule has 1 aromatic carbocycles. The fourth-order valence-electron chi connectivity index (χ4n) is 2.94. The van der Waals surface area contributed by atoms with E-state index in [9.17, 15) is 9.90 Å². The third-order valence-electron chi connectivity index (χ3n) is 4.25. The van der Waals surface area contributed by atoms with Crippen molar-refractivity contribution in [2.24, 2.45) is 0 Å². The van der Waals surface area contributed by atoms with E-state index in [0.29, 0.717) is 13.1 Å². The van der Waals surface area contributed by atoms with Crippen molar-refractivity contribution in [2.45, 2.75) is 25.5 Å². The van der Waals surface area contributed by atoms with Crippen LogP contribution in [0, 0.1) is 0 Å². The Morgan fingerprint density at radius 3 is 2.64 bits per heavy atom. The Labute approximate surface area is 131 Å². The van der Waals surface area contributed by atoms with Gasteiger partial charge >= 0.3 is 6.03 Å². The van der Waals surface area contributed by atoms with Crippen molar-refractivity contribution in [3.63, 3.8) is 0 Å². The predicted molar refractivity (Wildman–Crippen MR) is 86.8 cm³/mol. The van der Waals surface area contributed by atoms with Crippen LogP contribution in [0.1, 0.15) is 18.4 Å². The number of benzene rings is 1. The predicted octanol–water partition coefficient (Wildman–Crippen LogP) is 1.73. The Kier molecular flexibility index (Phi) is 4.63. The number of aliphatic hydroxyl groups is 1. The van der Waals surface area contributed by atoms with Crippen molar-refractivity contribution in [1.29, 1.82) is 0 Å². The Morgan fingerprint density at radius 2 is 1.95 bits per heavy atom. The zero-order valence-corrected chi connectivity index (χ0v) is 12.7. The zero-order chi connectivity index (χ0) is 15.4. The molecule has 1 unspecified atom stereocenters. The van der Waals surface area contributed by atoms with Crippen molar-refractivity contribution < 1.29 is 9.90 Å². The van der Waals surface area contributed by atoms with Gasteiger partial charge in [-0.15, -0.1) is 0 Å². The number of nitrogens with zero attached hydrogens (tertiary/aromatic N) is 2. The third-order valence-corrected chi connectivity index (χ3v) is 4.25. The van der Waals surface area contributed by atoms with Crippen LogP contribution in [0.5, 0.6) is 0 Å². The number of aliphatic hydroxyl groups excluding tert-OH is 1. The van der Waals surface area contributed by atoms with E-state index < -0.39 is 0 Å². The highest BCUT2D eigenvalue weighted by molar-refractivity contribution is 5.74. The van der Waals surface area contributed by atoms with Gasteiger partial charge in [-0.05, 0) is 30.5 Å². The first-order valence-corrected chi connectivity index (χ1v) is 7.92. The first-order valence-electron chi connectivity index (χ1n) is 7.92. The van der Waals surface area contributed by atoms with Crippen molar-refractivity contribution >= 4 is 11.7 Å². The molecular formula is C17H23N3O2. The second-order valence-corrected chi connectivity index (χ2v) is 5.94. The molecule has 1 saturated heterocycles. The van der Waals surface area contributed by atoms with Gasteiger partial charge in [0.2, 0.25) is 0 Å². The number of carbonyl (C=O) groups excluding carboxylic acids is 1. The topological polar surface area (TPSA) is 55.8 Å². The lowest BCUT2D eigenvalue weighted by Crippen LogP contribution is -2.46. The first-order chi connectivity index (χ1) is 10.7. The smallest absolute Gasteiger partial charge is 0.317 e. The molecule has 2 amide bonds. The number of nitrogens with one attached hydrogen (secondary N) is 1. The molecule has 0 saturated carbocycles. The van der Waals surface area contributed by atoms with E-state index in [-0.39, 0.29) is 12.1 Å². The van der Waals surface area contributed by atoms with Crippen LogP contribution < -0.4 is 10.2 Å². The molecule has 0 aromatic heterocycles. The highest BCUT2D eigenvalue weighted by Crippen LogP contribution is 2.17. The van der Waals surface area contributed by atoms with Gasteiger partial charge in [0.05, 0.1) is 6.10 Å². The molecule has 5 nitrogen and oxygen atoms in total. The minimum atomic E-state index is -0.382. The number of piperidine rings is 1. The van der Waals surface area contributed by atoms with Gasteiger partial charge < -0.3 is 20.2 Å². The minimum Gasteiger partial charge on any atom is -0.391 e. The molecule has 2 aliphatic heterocycles. The number of likely N-dealkylation sites (tertiary alicyclic amines) is 1. The lowest BCUT2D eigenvalue weighted by molar-refractivity contribution is 0.0842. The van der Waals surface area contributed by atoms with E-state index in [2.05, 4.69) is 46.6 Å². The Hall–Kier alpha value is -2.01. The average Bonchev–Trinajstić information content (AvgIpc) is 3.07. The van der Waals surface area contributed by atoms with E-state index in [1.807, 2.05) is 0 Å². The first kappa shape index (κ1) is 14.9. The number of amides is 2. The van der Waals surface area contributed by atoms with Crippen LogP contribution in [0.3, 0.4) is 0 Å². The molecule has 5 heteroatoms. The number of hydrogen-bond acceptors (Lipinski definition) is 3. The second kappa shape index (κ2) is 6.83. The maximum atomic E-state index is 12.1. The Bertz CT molecular complexity index is 533. The van der Waals surface area contributed by atoms with Gasteiger partial charge in [0.15, 0.2) is 0 Å². The molecule has 3 rings (SSSR count). The Balaban J connectivity index is 1.49. The van der Waals surface area contributed by atoms with E-state index in [1.54, 1.807) is 4.90 Å². The summed E-state index contributed by atoms with van der Waals surface area (Å²) in [5, 5.41) is 12.5. The van der Waals surface area contributed by atoms with Gasteiger partial charge in [0.25, 0.3) is 0 Å². The number of rotatable bonds is 3. The molecule has 0 radical (unpaired) electrons. The summed E-state index contributed by atoms with van der Waals surface area (Å²) in [5.74, 6) is 0. The number of carbonyl (C=O) groups is 1. The van der Waals surface area contributed by atoms with Crippen LogP contribution >= 0.6 is 0 Å². The van der Waals surface area contributed by atoms with E-state index >= 15 is 0 Å². The monoisotopic (exact) mass is 301 g/mol. The second-order valence-electron chi connectivity index (χ2n) is 5.94. The molecule has 0 aliphatic carbocycles. The van der Waals surface area contributed by atoms with Crippen LogP contribution in [-0.4, -0.2) is 48.3 Å². The molecule has 118 valence electrons. The van der Waals surface area contributed by atoms with Gasteiger partial charge in [-0.1, -0.05) is 24.3 Å². The highest BCUT2D eigenvalue weighted by atomic mass is 16.3. The summed E-state index contributed by atoms with van der Waals surface area (Å²) in [4.78, 5) is 16.1. The highest BCUT2D eigenvalue weighted by Gasteiger charge is 2.21. The van der Waals surface area contributed by atoms with Crippen molar-refractivity contribution in [1.82, 2.24) is 10.2 Å². The summed E-state index contributed by atoms with van der Waals surface area (Å²) < 4.78 is 0. The number of urea groups is 1. The standard InChI is InChI=1S/C17H23N3O2/c21-16-4-3-11-20(13-16)17(22)18-12-14-5-7-15(8-6-14)19-9-1-2-10-19/h1-2,5-8,16,21H,3-4,9-13H2,(H,18,22). The third kappa shape index (κ3) is 3.60. The average molecular weight is 301 g/mol. The molecule has 22 heavy (non-hydrogen) atoms. The molecule has 2 aliphatic rings. The van der Waals surface area contributed by atoms with Crippen LogP contribution in [-0.2, 0) is 6.54 Å². The van der Waals surface area contributed by atoms with Gasteiger partial charge in [-0.3, -0.25) is 0 Å². The molecule has 1 atom stereocenters. The largest absolute Gasteiger partial charge is 0.391 e. The molecular weight excluding hydrogens is 278 g/mol. The van der Waals surface area contributed by atoms with Crippen molar-refractivity contribution in [3.05, 3.63) is 42.0 Å². The number of anilines is 1. The number of hydrogen-bond donors (Lipinski definition) is 2. The quantitative estimate of drug-likeness (QED) is 0.836. The summed E-state index contributed by atoms with van der Waals surface area (Å²) >= 11 is 0. The maximum absolute atomic E-state index is 12.1. The maximum Gasteiger partial charge on any atom is 0.317 e. The van der Waals surface area contributed by atoms with Crippen molar-refractivity contribution in [3.8, 4) is 0 Å². The van der Waals surface area contributed by atoms with Gasteiger partial charge in [0.1, 0.15) is 0 Å².